The van der Waals surface area contributed by atoms with Gasteiger partial charge in [-0.05, 0) is 29.3 Å². The molecule has 3 rings (SSSR count). The summed E-state index contributed by atoms with van der Waals surface area (Å²) in [6.07, 6.45) is 1.37. The highest BCUT2D eigenvalue weighted by molar-refractivity contribution is 8.17. The smallest absolute Gasteiger partial charge is 0.341 e. The standard InChI is InChI=1S/C30H36O6S2/c1-29(2,3)37-28(38-30(4,5)6)25-23(15-13-19-14-16-24(31)36-26(19)25)35-17-20-11-9-10-12-21(20)22(18-33-7)27(32)34-8/h9-16,18,28H,17H2,1-8H3/b22-18+. The summed E-state index contributed by atoms with van der Waals surface area (Å²) in [5, 5.41) is 0.831. The lowest BCUT2D eigenvalue weighted by Gasteiger charge is -2.31. The molecule has 3 aromatic rings. The maximum absolute atomic E-state index is 12.5. The van der Waals surface area contributed by atoms with Gasteiger partial charge in [-0.3, -0.25) is 0 Å². The van der Waals surface area contributed by atoms with E-state index in [1.54, 1.807) is 29.6 Å². The van der Waals surface area contributed by atoms with Crippen LogP contribution in [0.5, 0.6) is 5.75 Å². The van der Waals surface area contributed by atoms with E-state index in [2.05, 4.69) is 41.5 Å². The molecule has 1 aromatic heterocycles. The van der Waals surface area contributed by atoms with Gasteiger partial charge in [-0.1, -0.05) is 65.8 Å². The van der Waals surface area contributed by atoms with Crippen molar-refractivity contribution in [3.8, 4) is 5.75 Å². The average molecular weight is 557 g/mol. The van der Waals surface area contributed by atoms with Crippen molar-refractivity contribution in [1.29, 1.82) is 0 Å². The first-order valence-electron chi connectivity index (χ1n) is 12.3. The number of carbonyl (C=O) groups is 1. The molecule has 0 bridgehead atoms. The zero-order chi connectivity index (χ0) is 28.1. The fourth-order valence-corrected chi connectivity index (χ4v) is 7.67. The Morgan fingerprint density at radius 2 is 1.58 bits per heavy atom. The summed E-state index contributed by atoms with van der Waals surface area (Å²) >= 11 is 3.59. The zero-order valence-electron chi connectivity index (χ0n) is 23.2. The van der Waals surface area contributed by atoms with Crippen LogP contribution in [0.3, 0.4) is 0 Å². The minimum absolute atomic E-state index is 0.0651. The molecule has 204 valence electrons. The molecule has 0 spiro atoms. The van der Waals surface area contributed by atoms with Gasteiger partial charge in [0.25, 0.3) is 0 Å². The first kappa shape index (κ1) is 29.7. The van der Waals surface area contributed by atoms with Gasteiger partial charge >= 0.3 is 11.6 Å². The Hall–Kier alpha value is -2.84. The van der Waals surface area contributed by atoms with Gasteiger partial charge in [0.15, 0.2) is 0 Å². The van der Waals surface area contributed by atoms with E-state index in [1.807, 2.05) is 36.4 Å². The molecule has 38 heavy (non-hydrogen) atoms. The van der Waals surface area contributed by atoms with Crippen LogP contribution in [0.1, 0.15) is 62.8 Å². The van der Waals surface area contributed by atoms with E-state index in [0.717, 1.165) is 16.5 Å². The summed E-state index contributed by atoms with van der Waals surface area (Å²) in [5.74, 6) is 0.117. The number of carbonyl (C=O) groups excluding carboxylic acids is 1. The Bertz CT molecular complexity index is 1350. The Morgan fingerprint density at radius 1 is 0.947 bits per heavy atom. The quantitative estimate of drug-likeness (QED) is 0.0877. The second-order valence-corrected chi connectivity index (χ2v) is 14.8. The summed E-state index contributed by atoms with van der Waals surface area (Å²) in [4.78, 5) is 24.8. The largest absolute Gasteiger partial charge is 0.503 e. The van der Waals surface area contributed by atoms with Crippen LogP contribution in [-0.4, -0.2) is 29.7 Å². The number of benzene rings is 2. The molecule has 0 N–H and O–H groups in total. The van der Waals surface area contributed by atoms with Crippen LogP contribution in [0.25, 0.3) is 16.5 Å². The lowest BCUT2D eigenvalue weighted by atomic mass is 10.0. The van der Waals surface area contributed by atoms with Crippen molar-refractivity contribution in [2.24, 2.45) is 0 Å². The van der Waals surface area contributed by atoms with Gasteiger partial charge < -0.3 is 18.6 Å². The Morgan fingerprint density at radius 3 is 2.18 bits per heavy atom. The molecule has 2 aromatic carbocycles. The van der Waals surface area contributed by atoms with Crippen molar-refractivity contribution < 1.29 is 23.4 Å². The summed E-state index contributed by atoms with van der Waals surface area (Å²) in [6, 6.07) is 14.5. The van der Waals surface area contributed by atoms with Crippen molar-refractivity contribution in [2.45, 2.75) is 62.2 Å². The van der Waals surface area contributed by atoms with Crippen molar-refractivity contribution in [3.63, 3.8) is 0 Å². The molecule has 0 aliphatic carbocycles. The average Bonchev–Trinajstić information content (AvgIpc) is 2.83. The number of ether oxygens (including phenoxy) is 3. The summed E-state index contributed by atoms with van der Waals surface area (Å²) in [5.41, 5.74) is 2.68. The number of thioether (sulfide) groups is 2. The van der Waals surface area contributed by atoms with Gasteiger partial charge in [0, 0.05) is 20.9 Å². The molecule has 0 saturated heterocycles. The second-order valence-electron chi connectivity index (χ2n) is 10.6. The molecule has 0 atom stereocenters. The highest BCUT2D eigenvalue weighted by Gasteiger charge is 2.31. The van der Waals surface area contributed by atoms with Crippen molar-refractivity contribution >= 4 is 46.0 Å². The molecule has 0 aliphatic heterocycles. The van der Waals surface area contributed by atoms with Gasteiger partial charge in [-0.2, -0.15) is 0 Å². The third kappa shape index (κ3) is 7.84. The molecular formula is C30H36O6S2. The van der Waals surface area contributed by atoms with Crippen molar-refractivity contribution in [1.82, 2.24) is 0 Å². The van der Waals surface area contributed by atoms with Crippen LogP contribution >= 0.6 is 23.5 Å². The Balaban J connectivity index is 2.13. The fraction of sp³-hybridized carbons (Fsp3) is 0.400. The first-order valence-corrected chi connectivity index (χ1v) is 14.0. The Kier molecular flexibility index (Phi) is 9.65. The lowest BCUT2D eigenvalue weighted by molar-refractivity contribution is -0.133. The number of rotatable bonds is 9. The number of methoxy groups -OCH3 is 2. The van der Waals surface area contributed by atoms with E-state index in [4.69, 9.17) is 18.6 Å². The van der Waals surface area contributed by atoms with E-state index < -0.39 is 11.6 Å². The molecule has 1 heterocycles. The zero-order valence-corrected chi connectivity index (χ0v) is 24.9. The topological polar surface area (TPSA) is 75.0 Å². The minimum Gasteiger partial charge on any atom is -0.503 e. The Labute approximate surface area is 233 Å². The van der Waals surface area contributed by atoms with Gasteiger partial charge in [-0.25, -0.2) is 9.59 Å². The molecule has 0 amide bonds. The summed E-state index contributed by atoms with van der Waals surface area (Å²) in [6.45, 7) is 13.2. The fourth-order valence-electron chi connectivity index (χ4n) is 3.78. The van der Waals surface area contributed by atoms with Crippen LogP contribution in [0.4, 0.5) is 0 Å². The predicted octanol–water partition coefficient (Wildman–Crippen LogP) is 7.59. The third-order valence-electron chi connectivity index (χ3n) is 5.28. The molecular weight excluding hydrogens is 520 g/mol. The molecule has 0 radical (unpaired) electrons. The van der Waals surface area contributed by atoms with Crippen LogP contribution < -0.4 is 10.4 Å². The molecule has 6 nitrogen and oxygen atoms in total. The highest BCUT2D eigenvalue weighted by atomic mass is 32.2. The number of hydrogen-bond acceptors (Lipinski definition) is 8. The molecule has 0 saturated carbocycles. The monoisotopic (exact) mass is 556 g/mol. The molecule has 0 unspecified atom stereocenters. The highest BCUT2D eigenvalue weighted by Crippen LogP contribution is 2.54. The van der Waals surface area contributed by atoms with Crippen molar-refractivity contribution in [2.75, 3.05) is 14.2 Å². The van der Waals surface area contributed by atoms with Gasteiger partial charge in [0.1, 0.15) is 23.5 Å². The number of fused-ring (bicyclic) bond motifs is 1. The summed E-state index contributed by atoms with van der Waals surface area (Å²) < 4.78 is 22.2. The predicted molar refractivity (Wildman–Crippen MR) is 158 cm³/mol. The maximum Gasteiger partial charge on any atom is 0.341 e. The van der Waals surface area contributed by atoms with E-state index in [-0.39, 0.29) is 20.7 Å². The van der Waals surface area contributed by atoms with E-state index in [9.17, 15) is 9.59 Å². The first-order chi connectivity index (χ1) is 17.8. The van der Waals surface area contributed by atoms with Gasteiger partial charge in [-0.15, -0.1) is 23.5 Å². The van der Waals surface area contributed by atoms with E-state index in [1.165, 1.54) is 26.5 Å². The maximum atomic E-state index is 12.5. The van der Waals surface area contributed by atoms with Crippen LogP contribution in [0.15, 0.2) is 64.0 Å². The second kappa shape index (κ2) is 12.3. The van der Waals surface area contributed by atoms with Gasteiger partial charge in [0.2, 0.25) is 0 Å². The lowest BCUT2D eigenvalue weighted by Crippen LogP contribution is -2.16. The molecule has 0 fully saturated rings. The van der Waals surface area contributed by atoms with Crippen molar-refractivity contribution in [3.05, 3.63) is 81.9 Å². The van der Waals surface area contributed by atoms with Crippen LogP contribution in [-0.2, 0) is 20.9 Å². The third-order valence-corrected chi connectivity index (χ3v) is 8.17. The summed E-state index contributed by atoms with van der Waals surface area (Å²) in [7, 11) is 2.82. The molecule has 0 aliphatic rings. The van der Waals surface area contributed by atoms with E-state index >= 15 is 0 Å². The normalized spacial score (nSPS) is 12.6. The number of esters is 1. The molecule has 8 heteroatoms. The number of hydrogen-bond donors (Lipinski definition) is 0. The van der Waals surface area contributed by atoms with Crippen LogP contribution in [0, 0.1) is 0 Å². The SMILES string of the molecule is CO/C=C(/C(=O)OC)c1ccccc1COc1ccc2ccc(=O)oc2c1C(SC(C)(C)C)SC(C)(C)C. The minimum atomic E-state index is -0.504. The van der Waals surface area contributed by atoms with Crippen LogP contribution in [0.2, 0.25) is 0 Å². The van der Waals surface area contributed by atoms with E-state index in [0.29, 0.717) is 22.5 Å². The van der Waals surface area contributed by atoms with Gasteiger partial charge in [0.05, 0.1) is 30.6 Å².